The number of benzene rings is 2. The molecule has 0 N–H and O–H groups in total. The van der Waals surface area contributed by atoms with Gasteiger partial charge in [0.05, 0.1) is 36.3 Å². The van der Waals surface area contributed by atoms with Gasteiger partial charge in [-0.15, -0.1) is 0 Å². The Morgan fingerprint density at radius 1 is 0.774 bits per heavy atom. The lowest BCUT2D eigenvalue weighted by Crippen LogP contribution is -2.16. The third kappa shape index (κ3) is 7.39. The topological polar surface area (TPSA) is 80.3 Å². The van der Waals surface area contributed by atoms with E-state index in [-0.39, 0.29) is 18.3 Å². The molecular weight excluding hydrogens is 419 g/mol. The second-order valence-electron chi connectivity index (χ2n) is 7.75. The van der Waals surface area contributed by atoms with Gasteiger partial charge in [-0.2, -0.15) is 0 Å². The van der Waals surface area contributed by atoms with Gasteiger partial charge in [0.2, 0.25) is 0 Å². The third-order valence-corrected chi connectivity index (χ3v) is 6.09. The van der Waals surface area contributed by atoms with Crippen molar-refractivity contribution in [3.05, 3.63) is 48.0 Å². The number of hydrogen-bond acceptors (Lipinski definition) is 7. The number of carbonyl (C=O) groups is 1. The van der Waals surface area contributed by atoms with Gasteiger partial charge < -0.3 is 23.3 Å². The molecule has 0 aliphatic rings. The van der Waals surface area contributed by atoms with E-state index in [2.05, 4.69) is 0 Å². The Bertz CT molecular complexity index is 906. The summed E-state index contributed by atoms with van der Waals surface area (Å²) in [5.74, 6) is 0.893. The van der Waals surface area contributed by atoms with Crippen molar-refractivity contribution >= 4 is 18.9 Å². The summed E-state index contributed by atoms with van der Waals surface area (Å²) >= 11 is 0. The minimum Gasteiger partial charge on any atom is -0.491 e. The maximum Gasteiger partial charge on any atom is 0.361 e. The number of carbonyl (C=O) groups excluding carboxylic acids is 1. The normalized spacial score (nSPS) is 11.8. The smallest absolute Gasteiger partial charge is 0.361 e. The van der Waals surface area contributed by atoms with Crippen molar-refractivity contribution < 1.29 is 32.6 Å². The van der Waals surface area contributed by atoms with Crippen LogP contribution in [0.1, 0.15) is 51.9 Å². The van der Waals surface area contributed by atoms with Crippen LogP contribution < -0.4 is 14.8 Å². The summed E-state index contributed by atoms with van der Waals surface area (Å²) in [4.78, 5) is 12.0. The van der Waals surface area contributed by atoms with E-state index in [0.29, 0.717) is 28.1 Å². The molecule has 0 fully saturated rings. The minimum atomic E-state index is -3.47. The van der Waals surface area contributed by atoms with E-state index in [1.165, 1.54) is 7.11 Å². The molecule has 0 aliphatic heterocycles. The van der Waals surface area contributed by atoms with Crippen LogP contribution in [0.5, 0.6) is 17.2 Å². The van der Waals surface area contributed by atoms with E-state index in [9.17, 15) is 9.36 Å². The molecule has 0 heterocycles. The van der Waals surface area contributed by atoms with Gasteiger partial charge in [-0.3, -0.25) is 4.57 Å². The van der Waals surface area contributed by atoms with Gasteiger partial charge in [-0.05, 0) is 77.9 Å². The molecule has 0 atom stereocenters. The summed E-state index contributed by atoms with van der Waals surface area (Å²) < 4.78 is 40.9. The summed E-state index contributed by atoms with van der Waals surface area (Å²) in [7, 11) is -2.16. The zero-order valence-electron chi connectivity index (χ0n) is 19.1. The molecule has 0 saturated heterocycles. The van der Waals surface area contributed by atoms with Crippen molar-refractivity contribution in [1.29, 1.82) is 0 Å². The summed E-state index contributed by atoms with van der Waals surface area (Å²) in [6, 6.07) is 11.5. The summed E-state index contributed by atoms with van der Waals surface area (Å²) in [5, 5.41) is 0.439. The summed E-state index contributed by atoms with van der Waals surface area (Å²) in [5.41, 5.74) is 0.312. The van der Waals surface area contributed by atoms with Crippen LogP contribution in [0.4, 0.5) is 0 Å². The van der Waals surface area contributed by atoms with Gasteiger partial charge in [0, 0.05) is 6.07 Å². The third-order valence-electron chi connectivity index (χ3n) is 3.76. The van der Waals surface area contributed by atoms with Crippen LogP contribution >= 0.6 is 7.60 Å². The lowest BCUT2D eigenvalue weighted by atomic mass is 10.2. The van der Waals surface area contributed by atoms with E-state index in [0.717, 1.165) is 0 Å². The zero-order chi connectivity index (χ0) is 23.2. The van der Waals surface area contributed by atoms with Gasteiger partial charge in [-0.25, -0.2) is 4.79 Å². The van der Waals surface area contributed by atoms with Crippen LogP contribution in [-0.2, 0) is 18.3 Å². The molecule has 0 amide bonds. The predicted molar refractivity (Wildman–Crippen MR) is 120 cm³/mol. The van der Waals surface area contributed by atoms with E-state index in [4.69, 9.17) is 23.3 Å². The Labute approximate surface area is 184 Å². The molecule has 0 aromatic heterocycles. The average Bonchev–Trinajstić information content (AvgIpc) is 2.65. The zero-order valence-corrected chi connectivity index (χ0v) is 20.0. The fourth-order valence-corrected chi connectivity index (χ4v) is 4.66. The van der Waals surface area contributed by atoms with Crippen molar-refractivity contribution in [2.75, 3.05) is 7.11 Å². The highest BCUT2D eigenvalue weighted by atomic mass is 31.2. The molecule has 2 aromatic carbocycles. The molecule has 170 valence electrons. The molecule has 7 nitrogen and oxygen atoms in total. The number of ether oxygens (including phenoxy) is 3. The molecule has 0 unspecified atom stereocenters. The predicted octanol–water partition coefficient (Wildman–Crippen LogP) is 5.72. The average molecular weight is 450 g/mol. The van der Waals surface area contributed by atoms with Crippen molar-refractivity contribution in [2.24, 2.45) is 0 Å². The molecule has 2 aromatic rings. The van der Waals surface area contributed by atoms with Gasteiger partial charge >= 0.3 is 13.6 Å². The molecule has 2 rings (SSSR count). The maximum absolute atomic E-state index is 13.3. The van der Waals surface area contributed by atoms with Gasteiger partial charge in [0.15, 0.2) is 0 Å². The second-order valence-corrected chi connectivity index (χ2v) is 9.69. The first-order valence-corrected chi connectivity index (χ1v) is 11.7. The molecule has 31 heavy (non-hydrogen) atoms. The maximum atomic E-state index is 13.3. The van der Waals surface area contributed by atoms with Gasteiger partial charge in [0.25, 0.3) is 0 Å². The van der Waals surface area contributed by atoms with E-state index in [1.807, 2.05) is 13.8 Å². The molecule has 0 saturated carbocycles. The quantitative estimate of drug-likeness (QED) is 0.338. The highest BCUT2D eigenvalue weighted by molar-refractivity contribution is 7.62. The van der Waals surface area contributed by atoms with Crippen molar-refractivity contribution in [2.45, 2.75) is 59.9 Å². The van der Waals surface area contributed by atoms with E-state index < -0.39 is 13.6 Å². The molecular formula is C23H31O7P. The number of esters is 1. The fraction of sp³-hybridized carbons (Fsp3) is 0.435. The molecule has 0 aliphatic carbocycles. The molecule has 8 heteroatoms. The molecule has 0 radical (unpaired) electrons. The lowest BCUT2D eigenvalue weighted by molar-refractivity contribution is 0.0599. The van der Waals surface area contributed by atoms with Crippen LogP contribution in [0.2, 0.25) is 0 Å². The monoisotopic (exact) mass is 450 g/mol. The Kier molecular flexibility index (Phi) is 8.69. The Morgan fingerprint density at radius 2 is 1.32 bits per heavy atom. The number of hydrogen-bond donors (Lipinski definition) is 0. The van der Waals surface area contributed by atoms with Gasteiger partial charge in [0.1, 0.15) is 17.2 Å². The van der Waals surface area contributed by atoms with E-state index in [1.54, 1.807) is 70.2 Å². The van der Waals surface area contributed by atoms with Crippen molar-refractivity contribution in [3.8, 4) is 17.2 Å². The SMILES string of the molecule is COC(=O)c1cc(Oc2ccc(P(=O)(OC(C)C)OC(C)C)cc2)cc(OC(C)C)c1. The van der Waals surface area contributed by atoms with Crippen LogP contribution in [0.25, 0.3) is 0 Å². The first-order valence-electron chi connectivity index (χ1n) is 10.2. The first kappa shape index (κ1) is 24.9. The number of rotatable bonds is 10. The summed E-state index contributed by atoms with van der Waals surface area (Å²) in [6.07, 6.45) is -0.599. The largest absolute Gasteiger partial charge is 0.491 e. The Hall–Kier alpha value is -2.34. The van der Waals surface area contributed by atoms with Crippen LogP contribution in [-0.4, -0.2) is 31.4 Å². The highest BCUT2D eigenvalue weighted by Gasteiger charge is 2.30. The van der Waals surface area contributed by atoms with Crippen LogP contribution in [0, 0.1) is 0 Å². The fourth-order valence-electron chi connectivity index (χ4n) is 2.74. The van der Waals surface area contributed by atoms with E-state index >= 15 is 0 Å². The standard InChI is InChI=1S/C23H31O7P/c1-15(2)27-20-12-18(23(24)26-7)13-21(14-20)28-19-8-10-22(11-9-19)31(25,29-16(3)4)30-17(5)6/h8-17H,1-7H3. The van der Waals surface area contributed by atoms with Crippen LogP contribution in [0.15, 0.2) is 42.5 Å². The lowest BCUT2D eigenvalue weighted by Gasteiger charge is -2.23. The number of methoxy groups -OCH3 is 1. The summed E-state index contributed by atoms with van der Waals surface area (Å²) in [6.45, 7) is 11.0. The van der Waals surface area contributed by atoms with Crippen LogP contribution in [0.3, 0.4) is 0 Å². The Morgan fingerprint density at radius 3 is 1.81 bits per heavy atom. The second kappa shape index (κ2) is 10.8. The Balaban J connectivity index is 2.31. The van der Waals surface area contributed by atoms with Crippen molar-refractivity contribution in [3.63, 3.8) is 0 Å². The highest BCUT2D eigenvalue weighted by Crippen LogP contribution is 2.49. The van der Waals surface area contributed by atoms with Gasteiger partial charge in [-0.1, -0.05) is 0 Å². The minimum absolute atomic E-state index is 0.0731. The molecule has 0 bridgehead atoms. The first-order chi connectivity index (χ1) is 14.5. The molecule has 0 spiro atoms. The van der Waals surface area contributed by atoms with Crippen molar-refractivity contribution in [1.82, 2.24) is 0 Å².